The summed E-state index contributed by atoms with van der Waals surface area (Å²) in [5.41, 5.74) is 4.03. The van der Waals surface area contributed by atoms with Gasteiger partial charge in [-0.3, -0.25) is 4.79 Å². The molecule has 1 aromatic carbocycles. The molecule has 0 bridgehead atoms. The van der Waals surface area contributed by atoms with Gasteiger partial charge in [0.05, 0.1) is 24.8 Å². The lowest BCUT2D eigenvalue weighted by Crippen LogP contribution is -2.49. The zero-order valence-electron chi connectivity index (χ0n) is 15.2. The van der Waals surface area contributed by atoms with Crippen molar-refractivity contribution in [2.24, 2.45) is 11.8 Å². The summed E-state index contributed by atoms with van der Waals surface area (Å²) in [6.45, 7) is 6.07. The van der Waals surface area contributed by atoms with Crippen LogP contribution in [0.4, 0.5) is 0 Å². The number of fused-ring (bicyclic) bond motifs is 2. The standard InChI is InChI=1S/C20H26N2O3.ClH/c1-11-3-12(2)20-15(10-25-18(20)4-11)7-19(24)22-16-5-13-8-21-9-14(13)6-17(16)23;/h3-4,10,13-14,16-17,21,23H,5-9H2,1-2H3,(H,22,24);1H/t13-,14+,16-,17-;/m0./s1. The first kappa shape index (κ1) is 19.2. The first-order chi connectivity index (χ1) is 12.0. The topological polar surface area (TPSA) is 74.5 Å². The highest BCUT2D eigenvalue weighted by atomic mass is 35.5. The number of rotatable bonds is 3. The van der Waals surface area contributed by atoms with Crippen LogP contribution >= 0.6 is 12.4 Å². The Morgan fingerprint density at radius 3 is 2.77 bits per heavy atom. The number of aliphatic hydroxyl groups excluding tert-OH is 1. The molecule has 1 aliphatic carbocycles. The molecular weight excluding hydrogens is 352 g/mol. The monoisotopic (exact) mass is 378 g/mol. The number of carbonyl (C=O) groups excluding carboxylic acids is 1. The number of aliphatic hydroxyl groups is 1. The third kappa shape index (κ3) is 3.61. The highest BCUT2D eigenvalue weighted by molar-refractivity contribution is 5.90. The summed E-state index contributed by atoms with van der Waals surface area (Å²) in [5.74, 6) is 1.07. The SMILES string of the molecule is Cc1cc(C)c2c(CC(=O)N[C@H]3C[C@H]4CNC[C@H]4C[C@@H]3O)coc2c1.Cl. The van der Waals surface area contributed by atoms with Gasteiger partial charge in [0.15, 0.2) is 0 Å². The largest absolute Gasteiger partial charge is 0.464 e. The Hall–Kier alpha value is -1.56. The quantitative estimate of drug-likeness (QED) is 0.767. The van der Waals surface area contributed by atoms with Gasteiger partial charge in [0.1, 0.15) is 5.58 Å². The summed E-state index contributed by atoms with van der Waals surface area (Å²) in [4.78, 5) is 12.6. The molecule has 6 heteroatoms. The lowest BCUT2D eigenvalue weighted by Gasteiger charge is -2.35. The molecule has 1 saturated carbocycles. The van der Waals surface area contributed by atoms with Crippen molar-refractivity contribution in [1.82, 2.24) is 10.6 Å². The summed E-state index contributed by atoms with van der Waals surface area (Å²) >= 11 is 0. The zero-order valence-corrected chi connectivity index (χ0v) is 16.1. The molecule has 3 N–H and O–H groups in total. The number of nitrogens with one attached hydrogen (secondary N) is 2. The minimum atomic E-state index is -0.449. The van der Waals surface area contributed by atoms with Gasteiger partial charge in [-0.05, 0) is 68.8 Å². The molecule has 1 amide bonds. The number of benzene rings is 1. The zero-order chi connectivity index (χ0) is 17.6. The number of aryl methyl sites for hydroxylation is 2. The normalized spacial score (nSPS) is 27.8. The van der Waals surface area contributed by atoms with Gasteiger partial charge in [-0.1, -0.05) is 6.07 Å². The summed E-state index contributed by atoms with van der Waals surface area (Å²) in [5, 5.41) is 17.9. The third-order valence-corrected chi connectivity index (χ3v) is 5.84. The first-order valence-corrected chi connectivity index (χ1v) is 9.16. The van der Waals surface area contributed by atoms with E-state index in [0.717, 1.165) is 53.6 Å². The summed E-state index contributed by atoms with van der Waals surface area (Å²) < 4.78 is 5.64. The molecule has 2 aliphatic rings. The van der Waals surface area contributed by atoms with E-state index in [9.17, 15) is 9.90 Å². The fourth-order valence-corrected chi connectivity index (χ4v) is 4.64. The second kappa shape index (κ2) is 7.59. The average molecular weight is 379 g/mol. The van der Waals surface area contributed by atoms with Gasteiger partial charge in [-0.25, -0.2) is 0 Å². The summed E-state index contributed by atoms with van der Waals surface area (Å²) in [6, 6.07) is 3.97. The van der Waals surface area contributed by atoms with Gasteiger partial charge >= 0.3 is 0 Å². The number of hydrogen-bond acceptors (Lipinski definition) is 4. The Bertz CT molecular complexity index is 804. The third-order valence-electron chi connectivity index (χ3n) is 5.84. The predicted octanol–water partition coefficient (Wildman–Crippen LogP) is 2.49. The minimum absolute atomic E-state index is 0. The molecule has 26 heavy (non-hydrogen) atoms. The Balaban J connectivity index is 0.00000196. The number of furan rings is 1. The molecular formula is C20H27ClN2O3. The molecule has 1 saturated heterocycles. The van der Waals surface area contributed by atoms with Crippen molar-refractivity contribution >= 4 is 29.3 Å². The summed E-state index contributed by atoms with van der Waals surface area (Å²) in [6.07, 6.45) is 3.15. The van der Waals surface area contributed by atoms with Crippen LogP contribution in [-0.4, -0.2) is 36.2 Å². The van der Waals surface area contributed by atoms with Crippen LogP contribution in [0.1, 0.15) is 29.5 Å². The maximum Gasteiger partial charge on any atom is 0.224 e. The van der Waals surface area contributed by atoms with E-state index >= 15 is 0 Å². The van der Waals surface area contributed by atoms with Crippen molar-refractivity contribution in [3.05, 3.63) is 35.1 Å². The van der Waals surface area contributed by atoms with Gasteiger partial charge in [-0.2, -0.15) is 0 Å². The first-order valence-electron chi connectivity index (χ1n) is 9.16. The minimum Gasteiger partial charge on any atom is -0.464 e. The van der Waals surface area contributed by atoms with Crippen molar-refractivity contribution in [1.29, 1.82) is 0 Å². The molecule has 0 radical (unpaired) electrons. The van der Waals surface area contributed by atoms with E-state index in [1.807, 2.05) is 19.9 Å². The fraction of sp³-hybridized carbons (Fsp3) is 0.550. The van der Waals surface area contributed by atoms with Crippen molar-refractivity contribution in [2.45, 2.75) is 45.3 Å². The number of halogens is 1. The van der Waals surface area contributed by atoms with Crippen LogP contribution in [0, 0.1) is 25.7 Å². The van der Waals surface area contributed by atoms with E-state index in [0.29, 0.717) is 11.8 Å². The smallest absolute Gasteiger partial charge is 0.224 e. The van der Waals surface area contributed by atoms with E-state index < -0.39 is 6.10 Å². The lowest BCUT2D eigenvalue weighted by molar-refractivity contribution is -0.122. The Morgan fingerprint density at radius 1 is 1.27 bits per heavy atom. The fourth-order valence-electron chi connectivity index (χ4n) is 4.64. The van der Waals surface area contributed by atoms with Crippen LogP contribution in [0.3, 0.4) is 0 Å². The second-order valence-corrected chi connectivity index (χ2v) is 7.78. The predicted molar refractivity (Wildman–Crippen MR) is 104 cm³/mol. The van der Waals surface area contributed by atoms with Crippen LogP contribution in [0.25, 0.3) is 11.0 Å². The average Bonchev–Trinajstić information content (AvgIpc) is 3.14. The molecule has 1 aliphatic heterocycles. The van der Waals surface area contributed by atoms with E-state index in [-0.39, 0.29) is 30.8 Å². The molecule has 2 fully saturated rings. The Kier molecular flexibility index (Phi) is 5.61. The molecule has 0 unspecified atom stereocenters. The summed E-state index contributed by atoms with van der Waals surface area (Å²) in [7, 11) is 0. The van der Waals surface area contributed by atoms with Crippen molar-refractivity contribution in [2.75, 3.05) is 13.1 Å². The van der Waals surface area contributed by atoms with Crippen LogP contribution < -0.4 is 10.6 Å². The number of hydrogen-bond donors (Lipinski definition) is 3. The second-order valence-electron chi connectivity index (χ2n) is 7.78. The molecule has 2 aromatic rings. The van der Waals surface area contributed by atoms with E-state index in [4.69, 9.17) is 4.42 Å². The van der Waals surface area contributed by atoms with Crippen LogP contribution in [0.5, 0.6) is 0 Å². The van der Waals surface area contributed by atoms with Crippen LogP contribution in [0.15, 0.2) is 22.8 Å². The molecule has 4 atom stereocenters. The lowest BCUT2D eigenvalue weighted by atomic mass is 9.77. The highest BCUT2D eigenvalue weighted by Crippen LogP contribution is 2.33. The van der Waals surface area contributed by atoms with Crippen molar-refractivity contribution < 1.29 is 14.3 Å². The van der Waals surface area contributed by atoms with Gasteiger partial charge in [-0.15, -0.1) is 12.4 Å². The molecule has 5 nitrogen and oxygen atoms in total. The van der Waals surface area contributed by atoms with Crippen molar-refractivity contribution in [3.63, 3.8) is 0 Å². The molecule has 1 aromatic heterocycles. The Morgan fingerprint density at radius 2 is 2.00 bits per heavy atom. The molecule has 142 valence electrons. The van der Waals surface area contributed by atoms with Gasteiger partial charge in [0.2, 0.25) is 5.91 Å². The Labute approximate surface area is 159 Å². The molecule has 2 heterocycles. The van der Waals surface area contributed by atoms with Crippen molar-refractivity contribution in [3.8, 4) is 0 Å². The van der Waals surface area contributed by atoms with Gasteiger partial charge in [0.25, 0.3) is 0 Å². The number of carbonyl (C=O) groups is 1. The molecule has 4 rings (SSSR count). The van der Waals surface area contributed by atoms with E-state index in [2.05, 4.69) is 16.7 Å². The highest BCUT2D eigenvalue weighted by Gasteiger charge is 2.39. The van der Waals surface area contributed by atoms with Gasteiger partial charge < -0.3 is 20.2 Å². The van der Waals surface area contributed by atoms with Gasteiger partial charge in [0, 0.05) is 10.9 Å². The maximum absolute atomic E-state index is 12.6. The van der Waals surface area contributed by atoms with E-state index in [1.54, 1.807) is 6.26 Å². The van der Waals surface area contributed by atoms with E-state index in [1.165, 1.54) is 0 Å². The van der Waals surface area contributed by atoms with Crippen LogP contribution in [0.2, 0.25) is 0 Å². The van der Waals surface area contributed by atoms with Crippen LogP contribution in [-0.2, 0) is 11.2 Å². The number of amides is 1. The molecule has 0 spiro atoms. The maximum atomic E-state index is 12.6.